The summed E-state index contributed by atoms with van der Waals surface area (Å²) in [5.41, 5.74) is 1.24. The molecule has 0 bridgehead atoms. The first-order valence-corrected chi connectivity index (χ1v) is 8.53. The zero-order chi connectivity index (χ0) is 17.4. The maximum Gasteiger partial charge on any atom is 0.254 e. The summed E-state index contributed by atoms with van der Waals surface area (Å²) in [6.07, 6.45) is 4.82. The lowest BCUT2D eigenvalue weighted by molar-refractivity contribution is -0.126. The molecule has 1 unspecified atom stereocenters. The number of carbonyl (C=O) groups is 2. The van der Waals surface area contributed by atoms with Crippen LogP contribution in [0.25, 0.3) is 0 Å². The fourth-order valence-electron chi connectivity index (χ4n) is 3.31. The molecule has 1 saturated carbocycles. The predicted octanol–water partition coefficient (Wildman–Crippen LogP) is 1.45. The van der Waals surface area contributed by atoms with Crippen molar-refractivity contribution in [2.45, 2.75) is 37.9 Å². The number of hydrogen-bond donors (Lipinski definition) is 2. The molecule has 7 nitrogen and oxygen atoms in total. The molecule has 2 N–H and O–H groups in total. The van der Waals surface area contributed by atoms with Crippen molar-refractivity contribution >= 4 is 11.8 Å². The summed E-state index contributed by atoms with van der Waals surface area (Å²) in [6.45, 7) is 0.656. The van der Waals surface area contributed by atoms with Crippen molar-refractivity contribution in [1.82, 2.24) is 20.0 Å². The van der Waals surface area contributed by atoms with Gasteiger partial charge in [0.1, 0.15) is 11.8 Å². The normalized spacial score (nSPS) is 19.8. The Labute approximate surface area is 145 Å². The summed E-state index contributed by atoms with van der Waals surface area (Å²) < 4.78 is 1.71. The molecule has 2 amide bonds. The lowest BCUT2D eigenvalue weighted by Crippen LogP contribution is -2.50. The summed E-state index contributed by atoms with van der Waals surface area (Å²) in [4.78, 5) is 27.1. The number of carbonyl (C=O) groups excluding carboxylic acids is 2. The predicted molar refractivity (Wildman–Crippen MR) is 89.9 cm³/mol. The molecular formula is C18H20N4O3. The number of phenols is 1. The Balaban J connectivity index is 1.57. The van der Waals surface area contributed by atoms with Gasteiger partial charge in [-0.15, -0.1) is 0 Å². The molecule has 2 aromatic rings. The molecule has 1 aromatic carbocycles. The highest BCUT2D eigenvalue weighted by atomic mass is 16.3. The molecule has 2 heterocycles. The van der Waals surface area contributed by atoms with Crippen LogP contribution in [-0.2, 0) is 11.3 Å². The van der Waals surface area contributed by atoms with Gasteiger partial charge in [-0.3, -0.25) is 14.3 Å². The Hall–Kier alpha value is -2.83. The quantitative estimate of drug-likeness (QED) is 0.885. The summed E-state index contributed by atoms with van der Waals surface area (Å²) in [5.74, 6) is -0.250. The van der Waals surface area contributed by atoms with Gasteiger partial charge >= 0.3 is 0 Å². The van der Waals surface area contributed by atoms with E-state index in [9.17, 15) is 14.7 Å². The van der Waals surface area contributed by atoms with Crippen LogP contribution in [-0.4, -0.2) is 44.2 Å². The van der Waals surface area contributed by atoms with E-state index in [0.29, 0.717) is 12.1 Å². The Morgan fingerprint density at radius 1 is 1.24 bits per heavy atom. The maximum atomic E-state index is 12.8. The standard InChI is InChI=1S/C18H20N4O3/c23-15-6-1-3-12(9-15)18(25)21-10-14-7-8-19-22(14)16(11-21)17(24)20-13-4-2-5-13/h1,3,6-9,13,16,23H,2,4-5,10-11H2,(H,20,24). The van der Waals surface area contributed by atoms with Crippen molar-refractivity contribution < 1.29 is 14.7 Å². The number of phenolic OH excluding ortho intramolecular Hbond substituents is 1. The average molecular weight is 340 g/mol. The van der Waals surface area contributed by atoms with Gasteiger partial charge in [0.15, 0.2) is 0 Å². The first-order valence-electron chi connectivity index (χ1n) is 8.53. The third-order valence-electron chi connectivity index (χ3n) is 4.93. The molecule has 2 aliphatic rings. The first kappa shape index (κ1) is 15.7. The molecule has 4 rings (SSSR count). The van der Waals surface area contributed by atoms with Gasteiger partial charge in [-0.25, -0.2) is 0 Å². The third kappa shape index (κ3) is 2.97. The zero-order valence-corrected chi connectivity index (χ0v) is 13.8. The second kappa shape index (κ2) is 6.23. The van der Waals surface area contributed by atoms with Crippen molar-refractivity contribution in [3.63, 3.8) is 0 Å². The van der Waals surface area contributed by atoms with Crippen molar-refractivity contribution in [1.29, 1.82) is 0 Å². The van der Waals surface area contributed by atoms with E-state index in [-0.39, 0.29) is 30.2 Å². The molecule has 0 spiro atoms. The molecule has 1 aliphatic heterocycles. The number of nitrogens with zero attached hydrogens (tertiary/aromatic N) is 3. The van der Waals surface area contributed by atoms with Gasteiger partial charge in [0.2, 0.25) is 5.91 Å². The number of hydrogen-bond acceptors (Lipinski definition) is 4. The van der Waals surface area contributed by atoms with Crippen LogP contribution in [0.4, 0.5) is 0 Å². The summed E-state index contributed by atoms with van der Waals surface area (Å²) in [5, 5.41) is 16.9. The minimum absolute atomic E-state index is 0.0483. The van der Waals surface area contributed by atoms with Crippen LogP contribution in [0.2, 0.25) is 0 Å². The molecule has 1 aliphatic carbocycles. The summed E-state index contributed by atoms with van der Waals surface area (Å²) in [7, 11) is 0. The highest BCUT2D eigenvalue weighted by molar-refractivity contribution is 5.95. The molecule has 1 atom stereocenters. The fraction of sp³-hybridized carbons (Fsp3) is 0.389. The van der Waals surface area contributed by atoms with E-state index in [0.717, 1.165) is 25.0 Å². The van der Waals surface area contributed by atoms with E-state index in [2.05, 4.69) is 10.4 Å². The molecule has 0 saturated heterocycles. The van der Waals surface area contributed by atoms with Gasteiger partial charge in [-0.2, -0.15) is 5.10 Å². The van der Waals surface area contributed by atoms with Crippen LogP contribution in [0.5, 0.6) is 5.75 Å². The lowest BCUT2D eigenvalue weighted by atomic mass is 9.93. The SMILES string of the molecule is O=C(NC1CCC1)C1CN(C(=O)c2cccc(O)c2)Cc2ccnn21. The number of fused-ring (bicyclic) bond motifs is 1. The number of aromatic nitrogens is 2. The molecule has 25 heavy (non-hydrogen) atoms. The second-order valence-corrected chi connectivity index (χ2v) is 6.66. The van der Waals surface area contributed by atoms with E-state index in [1.54, 1.807) is 27.9 Å². The highest BCUT2D eigenvalue weighted by Crippen LogP contribution is 2.25. The number of nitrogens with one attached hydrogen (secondary N) is 1. The van der Waals surface area contributed by atoms with Crippen molar-refractivity contribution in [3.8, 4) is 5.75 Å². The molecule has 130 valence electrons. The van der Waals surface area contributed by atoms with Crippen LogP contribution in [0, 0.1) is 0 Å². The number of amides is 2. The fourth-order valence-corrected chi connectivity index (χ4v) is 3.31. The van der Waals surface area contributed by atoms with Gasteiger partial charge in [-0.05, 0) is 43.5 Å². The van der Waals surface area contributed by atoms with Crippen molar-refractivity contribution in [2.75, 3.05) is 6.54 Å². The summed E-state index contributed by atoms with van der Waals surface area (Å²) in [6, 6.07) is 7.80. The summed E-state index contributed by atoms with van der Waals surface area (Å²) >= 11 is 0. The van der Waals surface area contributed by atoms with E-state index < -0.39 is 6.04 Å². The van der Waals surface area contributed by atoms with Gasteiger partial charge < -0.3 is 15.3 Å². The van der Waals surface area contributed by atoms with Crippen LogP contribution >= 0.6 is 0 Å². The van der Waals surface area contributed by atoms with Crippen LogP contribution in [0.1, 0.15) is 41.4 Å². The number of aromatic hydroxyl groups is 1. The van der Waals surface area contributed by atoms with Crippen molar-refractivity contribution in [3.05, 3.63) is 47.8 Å². The van der Waals surface area contributed by atoms with Gasteiger partial charge in [0.25, 0.3) is 5.91 Å². The van der Waals surface area contributed by atoms with Gasteiger partial charge in [0, 0.05) is 17.8 Å². The molecule has 7 heteroatoms. The van der Waals surface area contributed by atoms with E-state index in [4.69, 9.17) is 0 Å². The Bertz CT molecular complexity index is 812. The van der Waals surface area contributed by atoms with E-state index >= 15 is 0 Å². The maximum absolute atomic E-state index is 12.8. The van der Waals surface area contributed by atoms with Crippen molar-refractivity contribution in [2.24, 2.45) is 0 Å². The van der Waals surface area contributed by atoms with Crippen LogP contribution in [0.3, 0.4) is 0 Å². The monoisotopic (exact) mass is 340 g/mol. The Morgan fingerprint density at radius 3 is 2.80 bits per heavy atom. The van der Waals surface area contributed by atoms with E-state index in [1.165, 1.54) is 12.1 Å². The second-order valence-electron chi connectivity index (χ2n) is 6.66. The molecule has 1 aromatic heterocycles. The third-order valence-corrected chi connectivity index (χ3v) is 4.93. The van der Waals surface area contributed by atoms with Gasteiger partial charge in [0.05, 0.1) is 18.8 Å². The molecule has 0 radical (unpaired) electrons. The van der Waals surface area contributed by atoms with Crippen LogP contribution < -0.4 is 5.32 Å². The zero-order valence-electron chi connectivity index (χ0n) is 13.8. The number of benzene rings is 1. The topological polar surface area (TPSA) is 87.5 Å². The lowest BCUT2D eigenvalue weighted by Gasteiger charge is -2.35. The highest BCUT2D eigenvalue weighted by Gasteiger charge is 2.34. The minimum atomic E-state index is -0.527. The van der Waals surface area contributed by atoms with Gasteiger partial charge in [-0.1, -0.05) is 6.07 Å². The largest absolute Gasteiger partial charge is 0.508 e. The minimum Gasteiger partial charge on any atom is -0.508 e. The molecular weight excluding hydrogens is 320 g/mol. The first-order chi connectivity index (χ1) is 12.1. The van der Waals surface area contributed by atoms with Crippen LogP contribution in [0.15, 0.2) is 36.5 Å². The Kier molecular flexibility index (Phi) is 3.91. The van der Waals surface area contributed by atoms with E-state index in [1.807, 2.05) is 6.07 Å². The molecule has 1 fully saturated rings. The number of rotatable bonds is 3. The smallest absolute Gasteiger partial charge is 0.254 e. The average Bonchev–Trinajstić information content (AvgIpc) is 3.05. The Morgan fingerprint density at radius 2 is 2.08 bits per heavy atom.